The lowest BCUT2D eigenvalue weighted by Crippen LogP contribution is -2.52. The van der Waals surface area contributed by atoms with Crippen molar-refractivity contribution in [2.75, 3.05) is 32.7 Å². The fourth-order valence-corrected chi connectivity index (χ4v) is 2.58. The van der Waals surface area contributed by atoms with Crippen LogP contribution in [0.1, 0.15) is 19.8 Å². The largest absolute Gasteiger partial charge is 0.481 e. The predicted octanol–water partition coefficient (Wildman–Crippen LogP) is 1.90. The predicted molar refractivity (Wildman–Crippen MR) is 84.4 cm³/mol. The lowest BCUT2D eigenvalue weighted by molar-refractivity contribution is -0.140. The summed E-state index contributed by atoms with van der Waals surface area (Å²) in [5.74, 6) is 0.793. The van der Waals surface area contributed by atoms with Crippen LogP contribution in [0.25, 0.3) is 0 Å². The first-order chi connectivity index (χ1) is 10.7. The van der Waals surface area contributed by atoms with E-state index in [-0.39, 0.29) is 5.91 Å². The zero-order valence-corrected chi connectivity index (χ0v) is 13.1. The van der Waals surface area contributed by atoms with Crippen LogP contribution in [0.15, 0.2) is 30.3 Å². The van der Waals surface area contributed by atoms with E-state index in [0.29, 0.717) is 25.9 Å². The fraction of sp³-hybridized carbons (Fsp3) is 0.529. The summed E-state index contributed by atoms with van der Waals surface area (Å²) in [6.07, 6.45) is 0.776. The van der Waals surface area contributed by atoms with Crippen molar-refractivity contribution in [1.29, 1.82) is 5.26 Å². The molecule has 2 rings (SSSR count). The number of para-hydroxylation sites is 1. The molecule has 1 fully saturated rings. The summed E-state index contributed by atoms with van der Waals surface area (Å²) in [5.41, 5.74) is 0. The van der Waals surface area contributed by atoms with Gasteiger partial charge in [0.1, 0.15) is 5.75 Å². The number of carbonyl (C=O) groups is 1. The van der Waals surface area contributed by atoms with Crippen molar-refractivity contribution in [2.24, 2.45) is 0 Å². The van der Waals surface area contributed by atoms with Gasteiger partial charge in [-0.3, -0.25) is 9.69 Å². The molecule has 0 aromatic heterocycles. The lowest BCUT2D eigenvalue weighted by atomic mass is 10.2. The van der Waals surface area contributed by atoms with Gasteiger partial charge in [0.2, 0.25) is 0 Å². The van der Waals surface area contributed by atoms with Crippen LogP contribution >= 0.6 is 0 Å². The third-order valence-corrected chi connectivity index (χ3v) is 3.89. The van der Waals surface area contributed by atoms with Gasteiger partial charge in [0, 0.05) is 39.1 Å². The minimum absolute atomic E-state index is 0.0614. The minimum Gasteiger partial charge on any atom is -0.481 e. The Kier molecular flexibility index (Phi) is 6.23. The maximum absolute atomic E-state index is 12.6. The molecular formula is C17H23N3O2. The van der Waals surface area contributed by atoms with E-state index in [0.717, 1.165) is 25.4 Å². The van der Waals surface area contributed by atoms with Gasteiger partial charge in [-0.15, -0.1) is 0 Å². The number of rotatable bonds is 6. The van der Waals surface area contributed by atoms with Gasteiger partial charge in [-0.05, 0) is 18.6 Å². The van der Waals surface area contributed by atoms with Gasteiger partial charge in [-0.25, -0.2) is 0 Å². The van der Waals surface area contributed by atoms with Crippen LogP contribution in [0, 0.1) is 11.3 Å². The molecule has 118 valence electrons. The van der Waals surface area contributed by atoms with Crippen LogP contribution < -0.4 is 4.74 Å². The molecule has 1 heterocycles. The molecule has 0 aliphatic carbocycles. The summed E-state index contributed by atoms with van der Waals surface area (Å²) in [6, 6.07) is 11.6. The molecule has 5 nitrogen and oxygen atoms in total. The number of ether oxygens (including phenoxy) is 1. The molecule has 0 radical (unpaired) electrons. The summed E-state index contributed by atoms with van der Waals surface area (Å²) in [5, 5.41) is 8.62. The van der Waals surface area contributed by atoms with Crippen molar-refractivity contribution < 1.29 is 9.53 Å². The Balaban J connectivity index is 1.86. The Labute approximate surface area is 132 Å². The molecule has 1 unspecified atom stereocenters. The summed E-state index contributed by atoms with van der Waals surface area (Å²) < 4.78 is 5.82. The molecule has 1 aliphatic rings. The maximum atomic E-state index is 12.6. The minimum atomic E-state index is -0.423. The van der Waals surface area contributed by atoms with E-state index >= 15 is 0 Å². The molecular weight excluding hydrogens is 278 g/mol. The van der Waals surface area contributed by atoms with Crippen molar-refractivity contribution in [3.05, 3.63) is 30.3 Å². The molecule has 1 atom stereocenters. The molecule has 0 N–H and O–H groups in total. The Morgan fingerprint density at radius 1 is 1.27 bits per heavy atom. The third kappa shape index (κ3) is 4.47. The number of benzene rings is 1. The quantitative estimate of drug-likeness (QED) is 0.805. The van der Waals surface area contributed by atoms with Gasteiger partial charge in [0.15, 0.2) is 6.10 Å². The fourth-order valence-electron chi connectivity index (χ4n) is 2.58. The number of nitrogens with zero attached hydrogens (tertiary/aromatic N) is 3. The monoisotopic (exact) mass is 301 g/mol. The smallest absolute Gasteiger partial charge is 0.263 e. The van der Waals surface area contributed by atoms with Crippen LogP contribution in [-0.2, 0) is 4.79 Å². The first kappa shape index (κ1) is 16.3. The molecule has 0 bridgehead atoms. The molecule has 1 amide bonds. The van der Waals surface area contributed by atoms with E-state index < -0.39 is 6.10 Å². The van der Waals surface area contributed by atoms with Gasteiger partial charge in [0.05, 0.1) is 6.07 Å². The number of carbonyl (C=O) groups excluding carboxylic acids is 1. The van der Waals surface area contributed by atoms with Crippen molar-refractivity contribution in [3.63, 3.8) is 0 Å². The summed E-state index contributed by atoms with van der Waals surface area (Å²) >= 11 is 0. The first-order valence-corrected chi connectivity index (χ1v) is 7.84. The Morgan fingerprint density at radius 3 is 2.55 bits per heavy atom. The lowest BCUT2D eigenvalue weighted by Gasteiger charge is -2.35. The maximum Gasteiger partial charge on any atom is 0.263 e. The van der Waals surface area contributed by atoms with Gasteiger partial charge < -0.3 is 9.64 Å². The third-order valence-electron chi connectivity index (χ3n) is 3.89. The molecule has 1 aliphatic heterocycles. The highest BCUT2D eigenvalue weighted by atomic mass is 16.5. The summed E-state index contributed by atoms with van der Waals surface area (Å²) in [6.45, 7) is 5.83. The molecule has 0 spiro atoms. The van der Waals surface area contributed by atoms with Crippen LogP contribution in [0.4, 0.5) is 0 Å². The zero-order chi connectivity index (χ0) is 15.8. The average molecular weight is 301 g/mol. The second kappa shape index (κ2) is 8.40. The average Bonchev–Trinajstić information content (AvgIpc) is 2.58. The van der Waals surface area contributed by atoms with Crippen LogP contribution in [0.2, 0.25) is 0 Å². The van der Waals surface area contributed by atoms with Crippen LogP contribution in [0.3, 0.4) is 0 Å². The second-order valence-corrected chi connectivity index (χ2v) is 5.40. The molecule has 5 heteroatoms. The van der Waals surface area contributed by atoms with E-state index in [1.807, 2.05) is 42.2 Å². The highest BCUT2D eigenvalue weighted by molar-refractivity contribution is 5.81. The highest BCUT2D eigenvalue weighted by Gasteiger charge is 2.27. The zero-order valence-electron chi connectivity index (χ0n) is 13.1. The number of piperazine rings is 1. The molecule has 1 aromatic carbocycles. The molecule has 22 heavy (non-hydrogen) atoms. The van der Waals surface area contributed by atoms with Crippen molar-refractivity contribution in [3.8, 4) is 11.8 Å². The van der Waals surface area contributed by atoms with Crippen LogP contribution in [0.5, 0.6) is 5.75 Å². The van der Waals surface area contributed by atoms with E-state index in [9.17, 15) is 4.79 Å². The normalized spacial score (nSPS) is 16.8. The number of nitriles is 1. The number of hydrogen-bond acceptors (Lipinski definition) is 4. The van der Waals surface area contributed by atoms with Gasteiger partial charge >= 0.3 is 0 Å². The second-order valence-electron chi connectivity index (χ2n) is 5.40. The molecule has 1 aromatic rings. The van der Waals surface area contributed by atoms with E-state index in [4.69, 9.17) is 10.00 Å². The van der Waals surface area contributed by atoms with Gasteiger partial charge in [-0.1, -0.05) is 25.1 Å². The number of amides is 1. The standard InChI is InChI=1S/C17H23N3O2/c1-2-16(22-15-7-4-3-5-8-15)17(21)20-13-11-19(12-14-20)10-6-9-18/h3-5,7-8,16H,2,6,10-14H2,1H3. The number of hydrogen-bond donors (Lipinski definition) is 0. The SMILES string of the molecule is CCC(Oc1ccccc1)C(=O)N1CCN(CCC#N)CC1. The molecule has 1 saturated heterocycles. The summed E-state index contributed by atoms with van der Waals surface area (Å²) in [4.78, 5) is 16.7. The van der Waals surface area contributed by atoms with Gasteiger partial charge in [-0.2, -0.15) is 5.26 Å². The highest BCUT2D eigenvalue weighted by Crippen LogP contribution is 2.15. The van der Waals surface area contributed by atoms with Crippen molar-refractivity contribution in [2.45, 2.75) is 25.9 Å². The molecule has 0 saturated carbocycles. The van der Waals surface area contributed by atoms with Crippen LogP contribution in [-0.4, -0.2) is 54.5 Å². The van der Waals surface area contributed by atoms with E-state index in [1.165, 1.54) is 0 Å². The Morgan fingerprint density at radius 2 is 1.95 bits per heavy atom. The Bertz CT molecular complexity index is 504. The topological polar surface area (TPSA) is 56.6 Å². The van der Waals surface area contributed by atoms with Gasteiger partial charge in [0.25, 0.3) is 5.91 Å². The summed E-state index contributed by atoms with van der Waals surface area (Å²) in [7, 11) is 0. The van der Waals surface area contributed by atoms with E-state index in [2.05, 4.69) is 11.0 Å². The van der Waals surface area contributed by atoms with Crippen molar-refractivity contribution in [1.82, 2.24) is 9.80 Å². The van der Waals surface area contributed by atoms with Crippen molar-refractivity contribution >= 4 is 5.91 Å². The Hall–Kier alpha value is -2.06. The first-order valence-electron chi connectivity index (χ1n) is 7.84. The van der Waals surface area contributed by atoms with E-state index in [1.54, 1.807) is 0 Å².